The molecule has 0 radical (unpaired) electrons. The maximum Gasteiger partial charge on any atom is 0.355 e. The average molecular weight is 533 g/mol. The summed E-state index contributed by atoms with van der Waals surface area (Å²) in [6, 6.07) is 10.8. The number of nitrogens with one attached hydrogen (secondary N) is 1. The molecule has 2 aromatic heterocycles. The molecular weight excluding hydrogens is 516 g/mol. The predicted molar refractivity (Wildman–Crippen MR) is 126 cm³/mol. The molecule has 0 atom stereocenters. The molecule has 31 heavy (non-hydrogen) atoms. The Morgan fingerprint density at radius 2 is 1.81 bits per heavy atom. The SMILES string of the molecule is Cc1c(=O)n(C)cc2c(=O)n(Nc3ccc(I)cc3F)c(=O)n(-c3cccc(N)c3)c12. The number of hydrogen-bond donors (Lipinski definition) is 2. The molecule has 0 aliphatic heterocycles. The molecule has 0 bridgehead atoms. The van der Waals surface area contributed by atoms with Gasteiger partial charge in [-0.1, -0.05) is 6.07 Å². The number of rotatable bonds is 3. The van der Waals surface area contributed by atoms with Crippen LogP contribution in [0.25, 0.3) is 16.6 Å². The molecule has 3 N–H and O–H groups in total. The molecule has 10 heteroatoms. The van der Waals surface area contributed by atoms with E-state index < -0.39 is 17.1 Å². The molecule has 0 amide bonds. The molecule has 2 heterocycles. The van der Waals surface area contributed by atoms with Crippen LogP contribution in [0.1, 0.15) is 5.56 Å². The van der Waals surface area contributed by atoms with Gasteiger partial charge in [0.2, 0.25) is 0 Å². The monoisotopic (exact) mass is 533 g/mol. The number of aryl methyl sites for hydroxylation is 2. The lowest BCUT2D eigenvalue weighted by Gasteiger charge is -2.17. The van der Waals surface area contributed by atoms with Crippen LogP contribution < -0.4 is 28.0 Å². The van der Waals surface area contributed by atoms with E-state index in [1.54, 1.807) is 37.3 Å². The Morgan fingerprint density at radius 3 is 2.48 bits per heavy atom. The minimum absolute atomic E-state index is 0.0420. The fourth-order valence-corrected chi connectivity index (χ4v) is 3.88. The number of nitrogens with zero attached hydrogens (tertiary/aromatic N) is 3. The Labute approximate surface area is 188 Å². The summed E-state index contributed by atoms with van der Waals surface area (Å²) in [5, 5.41) is 0.111. The van der Waals surface area contributed by atoms with E-state index in [0.29, 0.717) is 14.9 Å². The molecule has 0 saturated carbocycles. The topological polar surface area (TPSA) is 104 Å². The molecule has 4 rings (SSSR count). The second-order valence-corrected chi connectivity index (χ2v) is 8.27. The first kappa shape index (κ1) is 20.8. The second-order valence-electron chi connectivity index (χ2n) is 7.02. The van der Waals surface area contributed by atoms with Crippen molar-refractivity contribution in [1.29, 1.82) is 0 Å². The van der Waals surface area contributed by atoms with E-state index in [2.05, 4.69) is 5.43 Å². The third kappa shape index (κ3) is 3.52. The van der Waals surface area contributed by atoms with Gasteiger partial charge in [0.15, 0.2) is 0 Å². The van der Waals surface area contributed by atoms with Gasteiger partial charge < -0.3 is 10.3 Å². The Morgan fingerprint density at radius 1 is 1.06 bits per heavy atom. The lowest BCUT2D eigenvalue weighted by Crippen LogP contribution is -2.44. The number of halogens is 2. The summed E-state index contributed by atoms with van der Waals surface area (Å²) in [5.41, 5.74) is 7.74. The van der Waals surface area contributed by atoms with E-state index in [4.69, 9.17) is 5.73 Å². The first-order chi connectivity index (χ1) is 14.7. The van der Waals surface area contributed by atoms with E-state index >= 15 is 0 Å². The van der Waals surface area contributed by atoms with Crippen LogP contribution in [0, 0.1) is 16.3 Å². The van der Waals surface area contributed by atoms with Crippen molar-refractivity contribution >= 4 is 44.9 Å². The zero-order valence-corrected chi connectivity index (χ0v) is 18.7. The van der Waals surface area contributed by atoms with Gasteiger partial charge >= 0.3 is 5.69 Å². The van der Waals surface area contributed by atoms with Crippen LogP contribution in [0.2, 0.25) is 0 Å². The number of nitrogen functional groups attached to an aromatic ring is 1. The summed E-state index contributed by atoms with van der Waals surface area (Å²) in [6.07, 6.45) is 1.36. The number of aromatic nitrogens is 3. The van der Waals surface area contributed by atoms with E-state index in [1.165, 1.54) is 34.5 Å². The van der Waals surface area contributed by atoms with Crippen LogP contribution in [-0.4, -0.2) is 13.8 Å². The van der Waals surface area contributed by atoms with Crippen molar-refractivity contribution < 1.29 is 4.39 Å². The van der Waals surface area contributed by atoms with Crippen molar-refractivity contribution in [3.63, 3.8) is 0 Å². The highest BCUT2D eigenvalue weighted by atomic mass is 127. The highest BCUT2D eigenvalue weighted by Crippen LogP contribution is 2.19. The Balaban J connectivity index is 2.14. The summed E-state index contributed by atoms with van der Waals surface area (Å²) < 4.78 is 18.3. The fourth-order valence-electron chi connectivity index (χ4n) is 3.43. The standard InChI is InChI=1S/C21H17FIN5O3/c1-11-18-15(10-26(2)19(11)29)20(30)28(25-17-7-6-12(23)8-16(17)22)21(31)27(18)14-5-3-4-13(24)9-14/h3-10,25H,24H2,1-2H3. The van der Waals surface area contributed by atoms with Crippen molar-refractivity contribution in [1.82, 2.24) is 13.8 Å². The lowest BCUT2D eigenvalue weighted by molar-refractivity contribution is 0.624. The second kappa shape index (κ2) is 7.69. The molecule has 0 fully saturated rings. The van der Waals surface area contributed by atoms with Crippen molar-refractivity contribution in [3.05, 3.63) is 94.8 Å². The van der Waals surface area contributed by atoms with Crippen molar-refractivity contribution in [2.75, 3.05) is 11.2 Å². The van der Waals surface area contributed by atoms with Gasteiger partial charge in [0.25, 0.3) is 11.1 Å². The van der Waals surface area contributed by atoms with Gasteiger partial charge in [0.05, 0.1) is 22.3 Å². The summed E-state index contributed by atoms with van der Waals surface area (Å²) >= 11 is 1.96. The van der Waals surface area contributed by atoms with Gasteiger partial charge in [0, 0.05) is 28.1 Å². The summed E-state index contributed by atoms with van der Waals surface area (Å²) in [6.45, 7) is 1.54. The van der Waals surface area contributed by atoms with Gasteiger partial charge in [-0.15, -0.1) is 0 Å². The number of anilines is 2. The number of fused-ring (bicyclic) bond motifs is 1. The molecule has 0 unspecified atom stereocenters. The third-order valence-corrected chi connectivity index (χ3v) is 5.58. The normalized spacial score (nSPS) is 11.1. The van der Waals surface area contributed by atoms with Crippen LogP contribution in [0.4, 0.5) is 15.8 Å². The molecule has 0 saturated heterocycles. The molecule has 8 nitrogen and oxygen atoms in total. The first-order valence-electron chi connectivity index (χ1n) is 9.15. The first-order valence-corrected chi connectivity index (χ1v) is 10.2. The minimum atomic E-state index is -0.794. The van der Waals surface area contributed by atoms with Crippen molar-refractivity contribution in [2.24, 2.45) is 7.05 Å². The predicted octanol–water partition coefficient (Wildman–Crippen LogP) is 2.36. The van der Waals surface area contributed by atoms with Crippen LogP contribution in [0.15, 0.2) is 63.0 Å². The van der Waals surface area contributed by atoms with Crippen LogP contribution in [0.3, 0.4) is 0 Å². The fraction of sp³-hybridized carbons (Fsp3) is 0.0952. The van der Waals surface area contributed by atoms with Crippen LogP contribution in [0.5, 0.6) is 0 Å². The number of benzene rings is 2. The van der Waals surface area contributed by atoms with E-state index in [9.17, 15) is 18.8 Å². The van der Waals surface area contributed by atoms with E-state index in [1.807, 2.05) is 22.6 Å². The van der Waals surface area contributed by atoms with E-state index in [-0.39, 0.29) is 27.7 Å². The molecule has 0 aliphatic carbocycles. The largest absolute Gasteiger partial charge is 0.399 e. The average Bonchev–Trinajstić information content (AvgIpc) is 2.72. The van der Waals surface area contributed by atoms with E-state index in [0.717, 1.165) is 4.68 Å². The minimum Gasteiger partial charge on any atom is -0.399 e. The number of hydrogen-bond acceptors (Lipinski definition) is 5. The zero-order chi connectivity index (χ0) is 22.4. The van der Waals surface area contributed by atoms with Crippen molar-refractivity contribution in [3.8, 4) is 5.69 Å². The molecule has 0 aliphatic rings. The Hall–Kier alpha value is -3.41. The Kier molecular flexibility index (Phi) is 5.17. The van der Waals surface area contributed by atoms with Gasteiger partial charge in [0.1, 0.15) is 5.82 Å². The number of nitrogens with two attached hydrogens (primary N) is 1. The number of pyridine rings is 1. The molecule has 158 valence electrons. The molecule has 4 aromatic rings. The van der Waals surface area contributed by atoms with Crippen LogP contribution >= 0.6 is 22.6 Å². The van der Waals surface area contributed by atoms with Crippen molar-refractivity contribution in [2.45, 2.75) is 6.92 Å². The summed E-state index contributed by atoms with van der Waals surface area (Å²) in [5.74, 6) is -0.620. The van der Waals surface area contributed by atoms with Gasteiger partial charge in [-0.05, 0) is 65.9 Å². The van der Waals surface area contributed by atoms with Crippen LogP contribution in [-0.2, 0) is 7.05 Å². The summed E-state index contributed by atoms with van der Waals surface area (Å²) in [4.78, 5) is 39.2. The summed E-state index contributed by atoms with van der Waals surface area (Å²) in [7, 11) is 1.51. The third-order valence-electron chi connectivity index (χ3n) is 4.91. The lowest BCUT2D eigenvalue weighted by atomic mass is 10.2. The smallest absolute Gasteiger partial charge is 0.355 e. The molecule has 2 aromatic carbocycles. The molecular formula is C21H17FIN5O3. The van der Waals surface area contributed by atoms with Gasteiger partial charge in [-0.25, -0.2) is 9.18 Å². The van der Waals surface area contributed by atoms with Gasteiger partial charge in [-0.2, -0.15) is 4.68 Å². The molecule has 0 spiro atoms. The maximum atomic E-state index is 14.4. The Bertz CT molecular complexity index is 1540. The van der Waals surface area contributed by atoms with Gasteiger partial charge in [-0.3, -0.25) is 19.6 Å². The highest BCUT2D eigenvalue weighted by Gasteiger charge is 2.19. The zero-order valence-electron chi connectivity index (χ0n) is 16.5. The maximum absolute atomic E-state index is 14.4. The quantitative estimate of drug-likeness (QED) is 0.311. The highest BCUT2D eigenvalue weighted by molar-refractivity contribution is 14.1.